The summed E-state index contributed by atoms with van der Waals surface area (Å²) in [7, 11) is 0. The fourth-order valence-electron chi connectivity index (χ4n) is 4.42. The van der Waals surface area contributed by atoms with Crippen LogP contribution in [0.3, 0.4) is 0 Å². The zero-order valence-corrected chi connectivity index (χ0v) is 20.5. The van der Waals surface area contributed by atoms with Crippen LogP contribution in [0.1, 0.15) is 30.4 Å². The quantitative estimate of drug-likeness (QED) is 0.562. The number of nitrogens with one attached hydrogen (secondary N) is 1. The second-order valence-corrected chi connectivity index (χ2v) is 9.70. The van der Waals surface area contributed by atoms with Crippen LogP contribution in [0.15, 0.2) is 42.5 Å². The molecule has 2 aliphatic heterocycles. The highest BCUT2D eigenvalue weighted by molar-refractivity contribution is 6.32. The number of hydrogen-bond acceptors (Lipinski definition) is 5. The van der Waals surface area contributed by atoms with Gasteiger partial charge in [-0.3, -0.25) is 4.90 Å². The number of amides is 2. The minimum atomic E-state index is -0.855. The van der Waals surface area contributed by atoms with Crippen molar-refractivity contribution >= 4 is 17.6 Å². The third kappa shape index (κ3) is 6.78. The number of halogens is 1. The van der Waals surface area contributed by atoms with Crippen LogP contribution in [0.5, 0.6) is 11.5 Å². The van der Waals surface area contributed by atoms with Crippen molar-refractivity contribution in [2.45, 2.75) is 38.3 Å². The van der Waals surface area contributed by atoms with Crippen LogP contribution in [0.2, 0.25) is 5.02 Å². The summed E-state index contributed by atoms with van der Waals surface area (Å²) in [4.78, 5) is 15.7. The van der Waals surface area contributed by atoms with Gasteiger partial charge in [-0.05, 0) is 68.1 Å². The Morgan fingerprint density at radius 2 is 1.91 bits per heavy atom. The number of aryl methyl sites for hydroxylation is 1. The number of carbonyl (C=O) groups excluding carboxylic acids is 1. The maximum Gasteiger partial charge on any atom is 0.317 e. The molecule has 2 fully saturated rings. The molecule has 34 heavy (non-hydrogen) atoms. The Labute approximate surface area is 206 Å². The van der Waals surface area contributed by atoms with Crippen molar-refractivity contribution in [3.63, 3.8) is 0 Å². The minimum Gasteiger partial charge on any atom is -0.492 e. The highest BCUT2D eigenvalue weighted by atomic mass is 35.5. The highest BCUT2D eigenvalue weighted by Crippen LogP contribution is 2.29. The molecule has 0 aromatic heterocycles. The number of urea groups is 1. The summed E-state index contributed by atoms with van der Waals surface area (Å²) in [5.41, 5.74) is 1.43. The van der Waals surface area contributed by atoms with Crippen LogP contribution in [-0.2, 0) is 6.54 Å². The van der Waals surface area contributed by atoms with E-state index in [0.29, 0.717) is 43.3 Å². The molecule has 4 rings (SSSR count). The van der Waals surface area contributed by atoms with E-state index in [1.54, 1.807) is 4.90 Å². The van der Waals surface area contributed by atoms with Gasteiger partial charge in [0.05, 0.1) is 17.2 Å². The van der Waals surface area contributed by atoms with Crippen LogP contribution in [0.4, 0.5) is 4.79 Å². The molecule has 0 aliphatic carbocycles. The number of nitrogens with zero attached hydrogens (tertiary/aromatic N) is 2. The van der Waals surface area contributed by atoms with Gasteiger partial charge in [-0.25, -0.2) is 4.79 Å². The first-order valence-corrected chi connectivity index (χ1v) is 12.4. The summed E-state index contributed by atoms with van der Waals surface area (Å²) >= 11 is 6.24. The molecule has 2 saturated heterocycles. The van der Waals surface area contributed by atoms with E-state index >= 15 is 0 Å². The van der Waals surface area contributed by atoms with E-state index in [0.717, 1.165) is 43.9 Å². The number of carbonyl (C=O) groups is 1. The van der Waals surface area contributed by atoms with Crippen molar-refractivity contribution in [1.29, 1.82) is 0 Å². The molecule has 8 heteroatoms. The predicted octanol–water partition coefficient (Wildman–Crippen LogP) is 3.85. The van der Waals surface area contributed by atoms with Crippen molar-refractivity contribution in [3.05, 3.63) is 58.6 Å². The molecule has 0 spiro atoms. The lowest BCUT2D eigenvalue weighted by Crippen LogP contribution is -2.37. The monoisotopic (exact) mass is 487 g/mol. The lowest BCUT2D eigenvalue weighted by atomic mass is 9.96. The molecule has 2 heterocycles. The SMILES string of the molecule is Cc1ccc(Cl)c(OC[C@@]2(O)CCCN(Cc3ccc(OCCN4CCNC4=O)cc3)CC2)c1. The Hall–Kier alpha value is -2.48. The van der Waals surface area contributed by atoms with E-state index in [4.69, 9.17) is 21.1 Å². The third-order valence-electron chi connectivity index (χ3n) is 6.50. The van der Waals surface area contributed by atoms with Gasteiger partial charge < -0.3 is 24.8 Å². The summed E-state index contributed by atoms with van der Waals surface area (Å²) < 4.78 is 11.7. The molecule has 1 atom stereocenters. The Morgan fingerprint density at radius 1 is 1.09 bits per heavy atom. The number of ether oxygens (including phenoxy) is 2. The first-order valence-electron chi connectivity index (χ1n) is 12.0. The van der Waals surface area contributed by atoms with Gasteiger partial charge in [0.25, 0.3) is 0 Å². The average Bonchev–Trinajstić information content (AvgIpc) is 3.14. The smallest absolute Gasteiger partial charge is 0.317 e. The Balaban J connectivity index is 1.22. The van der Waals surface area contributed by atoms with Gasteiger partial charge in [0, 0.05) is 26.2 Å². The topological polar surface area (TPSA) is 74.3 Å². The summed E-state index contributed by atoms with van der Waals surface area (Å²) in [5, 5.41) is 14.5. The molecule has 0 saturated carbocycles. The zero-order chi connectivity index (χ0) is 24.0. The first kappa shape index (κ1) is 24.6. The van der Waals surface area contributed by atoms with Gasteiger partial charge in [0.2, 0.25) is 0 Å². The molecule has 0 bridgehead atoms. The lowest BCUT2D eigenvalue weighted by molar-refractivity contribution is -0.0168. The summed E-state index contributed by atoms with van der Waals surface area (Å²) in [6.45, 7) is 7.31. The Kier molecular flexibility index (Phi) is 8.19. The van der Waals surface area contributed by atoms with E-state index in [1.165, 1.54) is 5.56 Å². The summed E-state index contributed by atoms with van der Waals surface area (Å²) in [5.74, 6) is 1.43. The molecule has 2 aromatic rings. The van der Waals surface area contributed by atoms with Crippen molar-refractivity contribution in [3.8, 4) is 11.5 Å². The van der Waals surface area contributed by atoms with E-state index < -0.39 is 5.60 Å². The minimum absolute atomic E-state index is 0.0196. The van der Waals surface area contributed by atoms with Gasteiger partial charge in [0.1, 0.15) is 24.7 Å². The Morgan fingerprint density at radius 3 is 2.68 bits per heavy atom. The summed E-state index contributed by atoms with van der Waals surface area (Å²) in [6.07, 6.45) is 2.27. The van der Waals surface area contributed by atoms with Crippen molar-refractivity contribution in [1.82, 2.24) is 15.1 Å². The lowest BCUT2D eigenvalue weighted by Gasteiger charge is -2.27. The second-order valence-electron chi connectivity index (χ2n) is 9.29. The number of benzene rings is 2. The molecule has 2 N–H and O–H groups in total. The van der Waals surface area contributed by atoms with Gasteiger partial charge in [-0.2, -0.15) is 0 Å². The first-order chi connectivity index (χ1) is 16.4. The number of aliphatic hydroxyl groups is 1. The van der Waals surface area contributed by atoms with E-state index in [2.05, 4.69) is 22.3 Å². The van der Waals surface area contributed by atoms with Crippen LogP contribution in [0, 0.1) is 6.92 Å². The van der Waals surface area contributed by atoms with Gasteiger partial charge in [-0.15, -0.1) is 0 Å². The normalized spacial score (nSPS) is 21.3. The number of rotatable bonds is 9. The second kappa shape index (κ2) is 11.3. The summed E-state index contributed by atoms with van der Waals surface area (Å²) in [6, 6.07) is 13.8. The molecule has 7 nitrogen and oxygen atoms in total. The molecule has 2 amide bonds. The van der Waals surface area contributed by atoms with Crippen LogP contribution >= 0.6 is 11.6 Å². The standard InChI is InChI=1S/C26H34ClN3O4/c1-20-3-8-23(27)24(17-20)34-19-26(32)9-2-12-29(13-10-26)18-21-4-6-22(7-5-21)33-16-15-30-14-11-28-25(30)31/h3-8,17,32H,2,9-16,18-19H2,1H3,(H,28,31)/t26-/m1/s1. The van der Waals surface area contributed by atoms with Crippen molar-refractivity contribution in [2.75, 3.05) is 45.9 Å². The third-order valence-corrected chi connectivity index (χ3v) is 6.81. The molecule has 2 aromatic carbocycles. The van der Waals surface area contributed by atoms with Crippen molar-refractivity contribution < 1.29 is 19.4 Å². The maximum atomic E-state index is 11.6. The number of likely N-dealkylation sites (tertiary alicyclic amines) is 1. The average molecular weight is 488 g/mol. The van der Waals surface area contributed by atoms with Crippen LogP contribution < -0.4 is 14.8 Å². The maximum absolute atomic E-state index is 11.6. The fraction of sp³-hybridized carbons (Fsp3) is 0.500. The van der Waals surface area contributed by atoms with E-state index in [1.807, 2.05) is 37.3 Å². The molecule has 0 unspecified atom stereocenters. The van der Waals surface area contributed by atoms with Crippen LogP contribution in [-0.4, -0.2) is 72.5 Å². The molecule has 184 valence electrons. The predicted molar refractivity (Wildman–Crippen MR) is 133 cm³/mol. The molecular weight excluding hydrogens is 454 g/mol. The molecule has 2 aliphatic rings. The van der Waals surface area contributed by atoms with E-state index in [-0.39, 0.29) is 12.6 Å². The fourth-order valence-corrected chi connectivity index (χ4v) is 4.59. The Bertz CT molecular complexity index is 971. The van der Waals surface area contributed by atoms with Gasteiger partial charge >= 0.3 is 6.03 Å². The van der Waals surface area contributed by atoms with Gasteiger partial charge in [-0.1, -0.05) is 29.8 Å². The van der Waals surface area contributed by atoms with Crippen LogP contribution in [0.25, 0.3) is 0 Å². The van der Waals surface area contributed by atoms with E-state index in [9.17, 15) is 9.90 Å². The zero-order valence-electron chi connectivity index (χ0n) is 19.8. The van der Waals surface area contributed by atoms with Gasteiger partial charge in [0.15, 0.2) is 0 Å². The largest absolute Gasteiger partial charge is 0.492 e. The van der Waals surface area contributed by atoms with Crippen molar-refractivity contribution in [2.24, 2.45) is 0 Å². The molecular formula is C26H34ClN3O4. The molecule has 0 radical (unpaired) electrons. The number of hydrogen-bond donors (Lipinski definition) is 2. The highest BCUT2D eigenvalue weighted by Gasteiger charge is 2.31.